The first-order valence-corrected chi connectivity index (χ1v) is 12.0. The van der Waals surface area contributed by atoms with Crippen LogP contribution in [-0.2, 0) is 20.9 Å². The van der Waals surface area contributed by atoms with Crippen LogP contribution in [0.25, 0.3) is 0 Å². The summed E-state index contributed by atoms with van der Waals surface area (Å²) in [5, 5.41) is 7.12. The molecule has 2 saturated heterocycles. The number of nitrogens with one attached hydrogen (secondary N) is 1. The van der Waals surface area contributed by atoms with Crippen LogP contribution in [-0.4, -0.2) is 63.0 Å². The van der Waals surface area contributed by atoms with Crippen molar-refractivity contribution in [2.24, 2.45) is 11.8 Å². The number of anilines is 1. The third-order valence-electron chi connectivity index (χ3n) is 7.18. The van der Waals surface area contributed by atoms with Gasteiger partial charge in [0.1, 0.15) is 0 Å². The summed E-state index contributed by atoms with van der Waals surface area (Å²) in [6, 6.07) is 0.319. The Kier molecular flexibility index (Phi) is 6.92. The number of nitrogens with zero attached hydrogens (tertiary/aromatic N) is 4. The summed E-state index contributed by atoms with van der Waals surface area (Å²) in [6.07, 6.45) is 12.2. The molecule has 0 spiro atoms. The van der Waals surface area contributed by atoms with Gasteiger partial charge in [-0.1, -0.05) is 25.7 Å². The molecule has 1 saturated carbocycles. The van der Waals surface area contributed by atoms with Crippen LogP contribution in [0, 0.1) is 11.8 Å². The van der Waals surface area contributed by atoms with Crippen LogP contribution in [0.4, 0.5) is 5.69 Å². The number of likely N-dealkylation sites (tertiary alicyclic amines) is 2. The largest absolute Gasteiger partial charge is 0.342 e. The second-order valence-electron chi connectivity index (χ2n) is 9.27. The third kappa shape index (κ3) is 5.10. The summed E-state index contributed by atoms with van der Waals surface area (Å²) in [5.74, 6) is -0.0826. The van der Waals surface area contributed by atoms with Crippen molar-refractivity contribution in [3.8, 4) is 0 Å². The highest BCUT2D eigenvalue weighted by atomic mass is 16.2. The molecule has 2 aliphatic heterocycles. The van der Waals surface area contributed by atoms with Crippen LogP contribution in [0.2, 0.25) is 0 Å². The summed E-state index contributed by atoms with van der Waals surface area (Å²) in [4.78, 5) is 42.1. The Morgan fingerprint density at radius 1 is 1.06 bits per heavy atom. The van der Waals surface area contributed by atoms with Crippen molar-refractivity contribution >= 4 is 23.4 Å². The van der Waals surface area contributed by atoms with E-state index in [2.05, 4.69) is 10.4 Å². The van der Waals surface area contributed by atoms with Crippen molar-refractivity contribution in [3.05, 3.63) is 12.4 Å². The summed E-state index contributed by atoms with van der Waals surface area (Å²) in [6.45, 7) is 4.50. The molecule has 4 rings (SSSR count). The lowest BCUT2D eigenvalue weighted by atomic mass is 9.94. The van der Waals surface area contributed by atoms with Crippen LogP contribution in [0.15, 0.2) is 12.4 Å². The van der Waals surface area contributed by atoms with Crippen molar-refractivity contribution in [3.63, 3.8) is 0 Å². The highest BCUT2D eigenvalue weighted by Crippen LogP contribution is 2.30. The number of hydrogen-bond donors (Lipinski definition) is 1. The second-order valence-corrected chi connectivity index (χ2v) is 9.27. The summed E-state index contributed by atoms with van der Waals surface area (Å²) >= 11 is 0. The Morgan fingerprint density at radius 3 is 2.42 bits per heavy atom. The van der Waals surface area contributed by atoms with Gasteiger partial charge in [0.05, 0.1) is 17.8 Å². The van der Waals surface area contributed by atoms with Gasteiger partial charge in [-0.3, -0.25) is 19.1 Å². The molecule has 1 N–H and O–H groups in total. The molecule has 3 amide bonds. The molecule has 8 heteroatoms. The van der Waals surface area contributed by atoms with Crippen LogP contribution in [0.3, 0.4) is 0 Å². The lowest BCUT2D eigenvalue weighted by Crippen LogP contribution is -2.45. The fourth-order valence-electron chi connectivity index (χ4n) is 5.29. The van der Waals surface area contributed by atoms with E-state index in [1.807, 2.05) is 22.9 Å². The molecule has 1 aromatic rings. The number of piperidine rings is 1. The first kappa shape index (κ1) is 21.8. The molecular formula is C23H35N5O3. The number of carbonyl (C=O) groups excluding carboxylic acids is 3. The molecule has 8 nitrogen and oxygen atoms in total. The Bertz CT molecular complexity index is 791. The molecule has 0 aromatic carbocycles. The standard InChI is InChI=1S/C23H35N5O3/c1-2-27-16-19(14-24-27)25-22(30)17-9-11-26(12-10-17)23(31)18-13-21(29)28(15-18)20-7-5-3-4-6-8-20/h14,16-18,20H,2-13,15H2,1H3,(H,25,30). The molecule has 1 atom stereocenters. The number of amides is 3. The SMILES string of the molecule is CCn1cc(NC(=O)C2CCN(C(=O)C3CC(=O)N(C4CCCCCC4)C3)CC2)cn1. The first-order chi connectivity index (χ1) is 15.0. The maximum absolute atomic E-state index is 13.1. The van der Waals surface area contributed by atoms with Gasteiger partial charge < -0.3 is 15.1 Å². The van der Waals surface area contributed by atoms with Crippen molar-refractivity contribution in [1.82, 2.24) is 19.6 Å². The number of rotatable bonds is 5. The fraction of sp³-hybridized carbons (Fsp3) is 0.739. The van der Waals surface area contributed by atoms with Crippen LogP contribution in [0.1, 0.15) is 64.7 Å². The first-order valence-electron chi connectivity index (χ1n) is 12.0. The molecule has 1 aromatic heterocycles. The smallest absolute Gasteiger partial charge is 0.227 e. The molecule has 3 fully saturated rings. The number of carbonyl (C=O) groups is 3. The number of aromatic nitrogens is 2. The van der Waals surface area contributed by atoms with Gasteiger partial charge in [-0.25, -0.2) is 0 Å². The van der Waals surface area contributed by atoms with Gasteiger partial charge in [0.25, 0.3) is 0 Å². The molecule has 3 heterocycles. The zero-order valence-corrected chi connectivity index (χ0v) is 18.6. The predicted molar refractivity (Wildman–Crippen MR) is 117 cm³/mol. The minimum atomic E-state index is -0.221. The average Bonchev–Trinajstić information content (AvgIpc) is 3.30. The minimum absolute atomic E-state index is 0.00154. The molecule has 170 valence electrons. The normalized spacial score (nSPS) is 23.8. The number of hydrogen-bond acceptors (Lipinski definition) is 4. The second kappa shape index (κ2) is 9.83. The molecule has 0 radical (unpaired) electrons. The van der Waals surface area contributed by atoms with Crippen molar-refractivity contribution < 1.29 is 14.4 Å². The van der Waals surface area contributed by atoms with E-state index in [1.54, 1.807) is 10.9 Å². The topological polar surface area (TPSA) is 87.5 Å². The van der Waals surface area contributed by atoms with Gasteiger partial charge in [-0.2, -0.15) is 5.10 Å². The van der Waals surface area contributed by atoms with Crippen LogP contribution >= 0.6 is 0 Å². The third-order valence-corrected chi connectivity index (χ3v) is 7.18. The van der Waals surface area contributed by atoms with E-state index in [4.69, 9.17) is 0 Å². The lowest BCUT2D eigenvalue weighted by Gasteiger charge is -2.33. The van der Waals surface area contributed by atoms with Crippen molar-refractivity contribution in [2.45, 2.75) is 77.3 Å². The molecular weight excluding hydrogens is 394 g/mol. The highest BCUT2D eigenvalue weighted by Gasteiger charge is 2.40. The summed E-state index contributed by atoms with van der Waals surface area (Å²) in [5.41, 5.74) is 0.716. The van der Waals surface area contributed by atoms with Gasteiger partial charge >= 0.3 is 0 Å². The predicted octanol–water partition coefficient (Wildman–Crippen LogP) is 2.65. The quantitative estimate of drug-likeness (QED) is 0.729. The van der Waals surface area contributed by atoms with Gasteiger partial charge in [0.2, 0.25) is 17.7 Å². The van der Waals surface area contributed by atoms with E-state index in [0.29, 0.717) is 50.6 Å². The van der Waals surface area contributed by atoms with E-state index >= 15 is 0 Å². The fourth-order valence-corrected chi connectivity index (χ4v) is 5.29. The van der Waals surface area contributed by atoms with Gasteiger partial charge in [-0.05, 0) is 32.6 Å². The van der Waals surface area contributed by atoms with E-state index < -0.39 is 0 Å². The number of aryl methyl sites for hydroxylation is 1. The maximum atomic E-state index is 13.1. The molecule has 1 aliphatic carbocycles. The molecule has 31 heavy (non-hydrogen) atoms. The maximum Gasteiger partial charge on any atom is 0.227 e. The molecule has 0 bridgehead atoms. The monoisotopic (exact) mass is 429 g/mol. The Labute approximate surface area is 184 Å². The molecule has 3 aliphatic rings. The summed E-state index contributed by atoms with van der Waals surface area (Å²) < 4.78 is 1.78. The zero-order valence-electron chi connectivity index (χ0n) is 18.6. The van der Waals surface area contributed by atoms with E-state index in [1.165, 1.54) is 25.7 Å². The van der Waals surface area contributed by atoms with E-state index in [-0.39, 0.29) is 29.6 Å². The van der Waals surface area contributed by atoms with Gasteiger partial charge in [0, 0.05) is 50.8 Å². The van der Waals surface area contributed by atoms with E-state index in [0.717, 1.165) is 19.4 Å². The average molecular weight is 430 g/mol. The van der Waals surface area contributed by atoms with Gasteiger partial charge in [0.15, 0.2) is 0 Å². The Morgan fingerprint density at radius 2 is 1.77 bits per heavy atom. The minimum Gasteiger partial charge on any atom is -0.342 e. The van der Waals surface area contributed by atoms with Crippen LogP contribution < -0.4 is 5.32 Å². The molecule has 1 unspecified atom stereocenters. The zero-order chi connectivity index (χ0) is 21.8. The van der Waals surface area contributed by atoms with Gasteiger partial charge in [-0.15, -0.1) is 0 Å². The van der Waals surface area contributed by atoms with Crippen molar-refractivity contribution in [2.75, 3.05) is 25.0 Å². The Hall–Kier alpha value is -2.38. The summed E-state index contributed by atoms with van der Waals surface area (Å²) in [7, 11) is 0. The highest BCUT2D eigenvalue weighted by molar-refractivity contribution is 5.93. The van der Waals surface area contributed by atoms with Crippen molar-refractivity contribution in [1.29, 1.82) is 0 Å². The van der Waals surface area contributed by atoms with Crippen LogP contribution in [0.5, 0.6) is 0 Å². The lowest BCUT2D eigenvalue weighted by molar-refractivity contribution is -0.138. The Balaban J connectivity index is 1.26. The van der Waals surface area contributed by atoms with E-state index in [9.17, 15) is 14.4 Å².